The Labute approximate surface area is 201 Å². The summed E-state index contributed by atoms with van der Waals surface area (Å²) in [4.78, 5) is 11.4. The van der Waals surface area contributed by atoms with Crippen molar-refractivity contribution in [3.05, 3.63) is 89.5 Å². The molecule has 0 unspecified atom stereocenters. The van der Waals surface area contributed by atoms with E-state index < -0.39 is 26.8 Å². The maximum absolute atomic E-state index is 13.2. The molecule has 3 aromatic rings. The van der Waals surface area contributed by atoms with E-state index in [9.17, 15) is 30.9 Å². The predicted molar refractivity (Wildman–Crippen MR) is 126 cm³/mol. The molecule has 184 valence electrons. The molecule has 0 aliphatic heterocycles. The van der Waals surface area contributed by atoms with E-state index >= 15 is 0 Å². The van der Waals surface area contributed by atoms with E-state index in [2.05, 4.69) is 10.5 Å². The number of halogens is 3. The molecule has 3 aromatic carbocycles. The van der Waals surface area contributed by atoms with E-state index in [1.54, 1.807) is 6.07 Å². The molecule has 0 aliphatic rings. The second-order valence-electron chi connectivity index (χ2n) is 7.76. The van der Waals surface area contributed by atoms with Gasteiger partial charge >= 0.3 is 6.18 Å². The zero-order valence-electron chi connectivity index (χ0n) is 18.5. The molecule has 6 nitrogen and oxygen atoms in total. The summed E-state index contributed by atoms with van der Waals surface area (Å²) in [5, 5.41) is 3.87. The van der Waals surface area contributed by atoms with Gasteiger partial charge in [0.15, 0.2) is 0 Å². The zero-order chi connectivity index (χ0) is 25.5. The molecule has 0 radical (unpaired) electrons. The van der Waals surface area contributed by atoms with Crippen LogP contribution in [0.15, 0.2) is 82.8 Å². The topological polar surface area (TPSA) is 95.8 Å². The maximum atomic E-state index is 13.2. The Bertz CT molecular complexity index is 1310. The highest BCUT2D eigenvalue weighted by Gasteiger charge is 2.32. The lowest BCUT2D eigenvalue weighted by molar-refractivity contribution is -0.137. The second-order valence-corrected chi connectivity index (χ2v) is 9.15. The first-order valence-electron chi connectivity index (χ1n) is 10.7. The first kappa shape index (κ1) is 26.1. The fourth-order valence-corrected chi connectivity index (χ4v) is 4.17. The minimum absolute atomic E-state index is 0.0899. The first-order valence-corrected chi connectivity index (χ1v) is 12.1. The van der Waals surface area contributed by atoms with Gasteiger partial charge in [0.1, 0.15) is 4.90 Å². The zero-order valence-corrected chi connectivity index (χ0v) is 19.3. The smallest absolute Gasteiger partial charge is 0.282 e. The molecular formula is C25H23F3N2O4S. The lowest BCUT2D eigenvalue weighted by atomic mass is 9.98. The SMILES string of the molecule is O=C(CCCCc1ccccc1)N/N=C/c1ccccc1-c1cc(C(F)(F)F)ccc1S(=O)(=O)O. The van der Waals surface area contributed by atoms with E-state index in [0.717, 1.165) is 12.8 Å². The highest BCUT2D eigenvalue weighted by molar-refractivity contribution is 7.86. The van der Waals surface area contributed by atoms with Crippen LogP contribution in [0, 0.1) is 0 Å². The largest absolute Gasteiger partial charge is 0.416 e. The minimum atomic E-state index is -4.81. The number of amides is 1. The average Bonchev–Trinajstić information content (AvgIpc) is 2.81. The molecule has 35 heavy (non-hydrogen) atoms. The normalized spacial score (nSPS) is 12.1. The standard InChI is InChI=1S/C25H23F3N2O4S/c26-25(27,28)20-14-15-23(35(32,33)34)22(16-20)21-12-6-5-11-19(21)17-29-30-24(31)13-7-4-10-18-8-2-1-3-9-18/h1-3,5-6,8-9,11-12,14-17H,4,7,10,13H2,(H,30,31)(H,32,33,34)/b29-17+. The van der Waals surface area contributed by atoms with E-state index in [-0.39, 0.29) is 29.0 Å². The first-order chi connectivity index (χ1) is 16.6. The summed E-state index contributed by atoms with van der Waals surface area (Å²) >= 11 is 0. The molecule has 0 fully saturated rings. The van der Waals surface area contributed by atoms with Gasteiger partial charge in [0.25, 0.3) is 10.1 Å². The molecule has 0 aliphatic carbocycles. The number of benzene rings is 3. The van der Waals surface area contributed by atoms with Crippen molar-refractivity contribution >= 4 is 22.2 Å². The number of hydrazone groups is 1. The molecular weight excluding hydrogens is 481 g/mol. The lowest BCUT2D eigenvalue weighted by Gasteiger charge is -2.14. The van der Waals surface area contributed by atoms with Crippen molar-refractivity contribution < 1.29 is 30.9 Å². The third-order valence-corrected chi connectivity index (χ3v) is 6.10. The third kappa shape index (κ3) is 7.49. The molecule has 3 rings (SSSR count). The minimum Gasteiger partial charge on any atom is -0.282 e. The van der Waals surface area contributed by atoms with Crippen molar-refractivity contribution in [1.29, 1.82) is 0 Å². The summed E-state index contributed by atoms with van der Waals surface area (Å²) in [5.74, 6) is -0.329. The van der Waals surface area contributed by atoms with Crippen LogP contribution in [-0.2, 0) is 27.5 Å². The Morgan fingerprint density at radius 2 is 1.63 bits per heavy atom. The van der Waals surface area contributed by atoms with Gasteiger partial charge in [-0.15, -0.1) is 0 Å². The number of rotatable bonds is 9. The van der Waals surface area contributed by atoms with Crippen LogP contribution in [-0.4, -0.2) is 25.1 Å². The Kier molecular flexibility index (Phi) is 8.42. The number of carbonyl (C=O) groups excluding carboxylic acids is 1. The number of aryl methyl sites for hydroxylation is 1. The number of alkyl halides is 3. The number of nitrogens with zero attached hydrogens (tertiary/aromatic N) is 1. The Morgan fingerprint density at radius 1 is 0.943 bits per heavy atom. The number of nitrogens with one attached hydrogen (secondary N) is 1. The van der Waals surface area contributed by atoms with Gasteiger partial charge in [-0.25, -0.2) is 5.43 Å². The van der Waals surface area contributed by atoms with E-state index in [1.807, 2.05) is 30.3 Å². The molecule has 1 amide bonds. The van der Waals surface area contributed by atoms with Crippen molar-refractivity contribution in [2.75, 3.05) is 0 Å². The van der Waals surface area contributed by atoms with E-state index in [1.165, 1.54) is 30.0 Å². The lowest BCUT2D eigenvalue weighted by Crippen LogP contribution is -2.17. The summed E-state index contributed by atoms with van der Waals surface area (Å²) in [7, 11) is -4.81. The van der Waals surface area contributed by atoms with Crippen molar-refractivity contribution in [3.63, 3.8) is 0 Å². The van der Waals surface area contributed by atoms with Crippen LogP contribution in [0.2, 0.25) is 0 Å². The Hall–Kier alpha value is -3.50. The number of carbonyl (C=O) groups is 1. The molecule has 2 N–H and O–H groups in total. The van der Waals surface area contributed by atoms with Crippen molar-refractivity contribution in [2.24, 2.45) is 5.10 Å². The van der Waals surface area contributed by atoms with Crippen LogP contribution < -0.4 is 5.43 Å². The van der Waals surface area contributed by atoms with Gasteiger partial charge in [-0.2, -0.15) is 26.7 Å². The van der Waals surface area contributed by atoms with Crippen LogP contribution in [0.1, 0.15) is 36.0 Å². The van der Waals surface area contributed by atoms with Gasteiger partial charge < -0.3 is 0 Å². The predicted octanol–water partition coefficient (Wildman–Crippen LogP) is 5.48. The highest BCUT2D eigenvalue weighted by atomic mass is 32.2. The van der Waals surface area contributed by atoms with Crippen LogP contribution in [0.25, 0.3) is 11.1 Å². The Balaban J connectivity index is 1.73. The van der Waals surface area contributed by atoms with E-state index in [4.69, 9.17) is 0 Å². The van der Waals surface area contributed by atoms with Crippen LogP contribution in [0.5, 0.6) is 0 Å². The fraction of sp³-hybridized carbons (Fsp3) is 0.200. The van der Waals surface area contributed by atoms with Crippen LogP contribution in [0.4, 0.5) is 13.2 Å². The average molecular weight is 505 g/mol. The van der Waals surface area contributed by atoms with Crippen molar-refractivity contribution in [2.45, 2.75) is 36.8 Å². The number of unbranched alkanes of at least 4 members (excludes halogenated alkanes) is 1. The molecule has 0 bridgehead atoms. The molecule has 0 saturated carbocycles. The fourth-order valence-electron chi connectivity index (χ4n) is 3.49. The molecule has 0 heterocycles. The van der Waals surface area contributed by atoms with Crippen molar-refractivity contribution in [1.82, 2.24) is 5.43 Å². The quantitative estimate of drug-likeness (QED) is 0.175. The summed E-state index contributed by atoms with van der Waals surface area (Å²) in [6.45, 7) is 0. The van der Waals surface area contributed by atoms with E-state index in [0.29, 0.717) is 24.6 Å². The molecule has 0 saturated heterocycles. The van der Waals surface area contributed by atoms with Gasteiger partial charge in [0.05, 0.1) is 11.8 Å². The highest BCUT2D eigenvalue weighted by Crippen LogP contribution is 2.36. The molecule has 10 heteroatoms. The summed E-state index contributed by atoms with van der Waals surface area (Å²) in [6.07, 6.45) is -0.952. The number of hydrogen-bond acceptors (Lipinski definition) is 4. The monoisotopic (exact) mass is 504 g/mol. The van der Waals surface area contributed by atoms with Crippen LogP contribution >= 0.6 is 0 Å². The molecule has 0 spiro atoms. The summed E-state index contributed by atoms with van der Waals surface area (Å²) in [6, 6.07) is 17.8. The molecule has 0 atom stereocenters. The Morgan fingerprint density at radius 3 is 2.31 bits per heavy atom. The summed E-state index contributed by atoms with van der Waals surface area (Å²) < 4.78 is 72.9. The molecule has 0 aromatic heterocycles. The third-order valence-electron chi connectivity index (χ3n) is 5.19. The van der Waals surface area contributed by atoms with Gasteiger partial charge in [-0.1, -0.05) is 54.6 Å². The van der Waals surface area contributed by atoms with Crippen LogP contribution in [0.3, 0.4) is 0 Å². The van der Waals surface area contributed by atoms with Gasteiger partial charge in [-0.3, -0.25) is 9.35 Å². The summed E-state index contributed by atoms with van der Waals surface area (Å²) in [5.41, 5.74) is 2.48. The van der Waals surface area contributed by atoms with Gasteiger partial charge in [0.2, 0.25) is 5.91 Å². The number of hydrogen-bond donors (Lipinski definition) is 2. The van der Waals surface area contributed by atoms with Crippen molar-refractivity contribution in [3.8, 4) is 11.1 Å². The van der Waals surface area contributed by atoms with Gasteiger partial charge in [0, 0.05) is 17.5 Å². The van der Waals surface area contributed by atoms with Gasteiger partial charge in [-0.05, 0) is 48.6 Å². The maximum Gasteiger partial charge on any atom is 0.416 e. The second kappa shape index (κ2) is 11.3.